The maximum absolute atomic E-state index is 6.39. The van der Waals surface area contributed by atoms with Gasteiger partial charge in [0.1, 0.15) is 11.2 Å². The predicted molar refractivity (Wildman–Crippen MR) is 242 cm³/mol. The molecule has 4 aromatic heterocycles. The molecule has 270 valence electrons. The summed E-state index contributed by atoms with van der Waals surface area (Å²) in [4.78, 5) is 0. The third kappa shape index (κ3) is 4.40. The second kappa shape index (κ2) is 11.8. The van der Waals surface area contributed by atoms with Crippen molar-refractivity contribution in [2.24, 2.45) is 0 Å². The summed E-state index contributed by atoms with van der Waals surface area (Å²) in [5.74, 6) is 0. The van der Waals surface area contributed by atoms with Gasteiger partial charge >= 0.3 is 0 Å². The smallest absolute Gasteiger partial charge is 0.136 e. The maximum Gasteiger partial charge on any atom is 0.136 e. The summed E-state index contributed by atoms with van der Waals surface area (Å²) < 4.78 is 13.6. The fraction of sp³-hybridized carbons (Fsp3) is 0. The van der Waals surface area contributed by atoms with Gasteiger partial charge in [-0.15, -0.1) is 0 Å². The third-order valence-electron chi connectivity index (χ3n) is 12.2. The molecule has 0 spiro atoms. The highest BCUT2D eigenvalue weighted by Crippen LogP contribution is 2.43. The van der Waals surface area contributed by atoms with Crippen LogP contribution in [-0.2, 0) is 0 Å². The first kappa shape index (κ1) is 31.4. The van der Waals surface area contributed by atoms with Gasteiger partial charge in [-0.05, 0) is 102 Å². The molecule has 0 saturated carbocycles. The van der Waals surface area contributed by atoms with E-state index in [4.69, 9.17) is 4.42 Å². The normalized spacial score (nSPS) is 12.1. The molecule has 4 heteroatoms. The predicted octanol–water partition coefficient (Wildman–Crippen LogP) is 14.5. The Bertz CT molecular complexity index is 3770. The van der Waals surface area contributed by atoms with Crippen molar-refractivity contribution in [2.75, 3.05) is 0 Å². The van der Waals surface area contributed by atoms with Crippen LogP contribution in [0.5, 0.6) is 0 Å². The number of rotatable bonds is 4. The number of benzene rings is 9. The fourth-order valence-corrected chi connectivity index (χ4v) is 9.64. The number of hydrogen-bond acceptors (Lipinski definition) is 1. The largest absolute Gasteiger partial charge is 0.456 e. The van der Waals surface area contributed by atoms with Crippen LogP contribution >= 0.6 is 0 Å². The molecule has 13 rings (SSSR count). The van der Waals surface area contributed by atoms with Gasteiger partial charge in [0.25, 0.3) is 0 Å². The van der Waals surface area contributed by atoms with E-state index in [1.54, 1.807) is 0 Å². The summed E-state index contributed by atoms with van der Waals surface area (Å²) in [6.07, 6.45) is 0. The molecule has 0 bridgehead atoms. The highest BCUT2D eigenvalue weighted by atomic mass is 16.3. The fourth-order valence-electron chi connectivity index (χ4n) is 9.64. The van der Waals surface area contributed by atoms with E-state index in [0.29, 0.717) is 0 Å². The highest BCUT2D eigenvalue weighted by Gasteiger charge is 2.21. The molecule has 0 fully saturated rings. The zero-order valence-electron chi connectivity index (χ0n) is 31.3. The van der Waals surface area contributed by atoms with Gasteiger partial charge in [0.05, 0.1) is 33.1 Å². The standard InChI is InChI=1S/C54H33N3O/c1-4-14-36(15-5-1)55-47-22-12-10-20-39(47)43-30-51-44(31-50(43)55)42-28-34(25-27-48(42)56(51)37-16-6-2-7-17-37)35-24-26-40-45-33-54-46(41-21-11-13-23-53(41)58-54)32-52(45)57(49(40)29-35)38-18-8-3-9-19-38/h1-33H. The third-order valence-corrected chi connectivity index (χ3v) is 12.2. The molecule has 13 aromatic rings. The minimum atomic E-state index is 0.908. The average molecular weight is 740 g/mol. The lowest BCUT2D eigenvalue weighted by atomic mass is 10.0. The van der Waals surface area contributed by atoms with Crippen LogP contribution in [0, 0.1) is 0 Å². The Labute approximate surface area is 332 Å². The van der Waals surface area contributed by atoms with E-state index in [-0.39, 0.29) is 0 Å². The topological polar surface area (TPSA) is 27.9 Å². The van der Waals surface area contributed by atoms with Crippen molar-refractivity contribution in [1.82, 2.24) is 13.7 Å². The molecule has 9 aromatic carbocycles. The van der Waals surface area contributed by atoms with Gasteiger partial charge in [0, 0.05) is 60.2 Å². The first-order valence-corrected chi connectivity index (χ1v) is 19.8. The van der Waals surface area contributed by atoms with E-state index in [0.717, 1.165) is 50.0 Å². The second-order valence-electron chi connectivity index (χ2n) is 15.3. The van der Waals surface area contributed by atoms with E-state index in [2.05, 4.69) is 208 Å². The summed E-state index contributed by atoms with van der Waals surface area (Å²) in [6, 6.07) is 72.6. The minimum Gasteiger partial charge on any atom is -0.456 e. The SMILES string of the molecule is c1ccc(-n2c3cc(-c4ccc5c(c4)c4cc6c(cc4n5-c4ccccc4)c4ccccc4n6-c4ccccc4)ccc3c3cc4oc5ccccc5c4cc32)cc1. The maximum atomic E-state index is 6.39. The summed E-state index contributed by atoms with van der Waals surface area (Å²) in [5.41, 5.74) is 14.7. The number of para-hydroxylation sites is 5. The van der Waals surface area contributed by atoms with E-state index in [1.807, 2.05) is 6.07 Å². The van der Waals surface area contributed by atoms with Crippen LogP contribution in [0.4, 0.5) is 0 Å². The monoisotopic (exact) mass is 739 g/mol. The zero-order valence-corrected chi connectivity index (χ0v) is 31.3. The molecule has 0 radical (unpaired) electrons. The molecule has 4 nitrogen and oxygen atoms in total. The molecule has 4 heterocycles. The summed E-state index contributed by atoms with van der Waals surface area (Å²) in [5, 5.41) is 9.57. The molecule has 0 aliphatic carbocycles. The molecular formula is C54H33N3O. The second-order valence-corrected chi connectivity index (χ2v) is 15.3. The van der Waals surface area contributed by atoms with E-state index < -0.39 is 0 Å². The number of hydrogen-bond donors (Lipinski definition) is 0. The van der Waals surface area contributed by atoms with E-state index >= 15 is 0 Å². The Hall–Kier alpha value is -7.82. The van der Waals surface area contributed by atoms with Crippen molar-refractivity contribution in [1.29, 1.82) is 0 Å². The van der Waals surface area contributed by atoms with Gasteiger partial charge in [-0.3, -0.25) is 0 Å². The van der Waals surface area contributed by atoms with Crippen LogP contribution in [0.25, 0.3) is 116 Å². The van der Waals surface area contributed by atoms with Gasteiger partial charge in [0.15, 0.2) is 0 Å². The molecule has 0 aliphatic heterocycles. The van der Waals surface area contributed by atoms with Crippen LogP contribution in [0.3, 0.4) is 0 Å². The average Bonchev–Trinajstić information content (AvgIpc) is 4.01. The Balaban J connectivity index is 1.08. The lowest BCUT2D eigenvalue weighted by Crippen LogP contribution is -1.94. The van der Waals surface area contributed by atoms with Crippen molar-refractivity contribution in [3.05, 3.63) is 200 Å². The van der Waals surface area contributed by atoms with Crippen molar-refractivity contribution in [2.45, 2.75) is 0 Å². The molecule has 58 heavy (non-hydrogen) atoms. The molecule has 0 unspecified atom stereocenters. The Morgan fingerprint density at radius 3 is 1.34 bits per heavy atom. The van der Waals surface area contributed by atoms with Gasteiger partial charge in [0.2, 0.25) is 0 Å². The van der Waals surface area contributed by atoms with Crippen LogP contribution in [0.15, 0.2) is 205 Å². The quantitative estimate of drug-likeness (QED) is 0.177. The molecule has 0 aliphatic rings. The summed E-state index contributed by atoms with van der Waals surface area (Å²) in [6.45, 7) is 0. The lowest BCUT2D eigenvalue weighted by molar-refractivity contribution is 0.669. The first-order chi connectivity index (χ1) is 28.8. The Morgan fingerprint density at radius 2 is 0.672 bits per heavy atom. The highest BCUT2D eigenvalue weighted by molar-refractivity contribution is 6.20. The number of fused-ring (bicyclic) bond motifs is 12. The molecule has 0 atom stereocenters. The minimum absolute atomic E-state index is 0.908. The van der Waals surface area contributed by atoms with E-state index in [9.17, 15) is 0 Å². The van der Waals surface area contributed by atoms with Crippen molar-refractivity contribution in [3.63, 3.8) is 0 Å². The molecule has 0 amide bonds. The molecule has 0 saturated heterocycles. The van der Waals surface area contributed by atoms with Gasteiger partial charge in [-0.2, -0.15) is 0 Å². The van der Waals surface area contributed by atoms with Crippen LogP contribution in [0.1, 0.15) is 0 Å². The number of aromatic nitrogens is 3. The van der Waals surface area contributed by atoms with Crippen LogP contribution < -0.4 is 0 Å². The van der Waals surface area contributed by atoms with Gasteiger partial charge in [-0.1, -0.05) is 109 Å². The molecular weight excluding hydrogens is 707 g/mol. The van der Waals surface area contributed by atoms with Crippen LogP contribution in [-0.4, -0.2) is 13.7 Å². The Kier molecular flexibility index (Phi) is 6.41. The summed E-state index contributed by atoms with van der Waals surface area (Å²) >= 11 is 0. The van der Waals surface area contributed by atoms with E-state index in [1.165, 1.54) is 65.5 Å². The van der Waals surface area contributed by atoms with Gasteiger partial charge in [-0.25, -0.2) is 0 Å². The zero-order chi connectivity index (χ0) is 37.9. The number of furan rings is 1. The first-order valence-electron chi connectivity index (χ1n) is 19.8. The van der Waals surface area contributed by atoms with Crippen molar-refractivity contribution >= 4 is 87.4 Å². The lowest BCUT2D eigenvalue weighted by Gasteiger charge is -2.10. The van der Waals surface area contributed by atoms with Gasteiger partial charge < -0.3 is 18.1 Å². The Morgan fingerprint density at radius 1 is 0.241 bits per heavy atom. The van der Waals surface area contributed by atoms with Crippen molar-refractivity contribution in [3.8, 4) is 28.2 Å². The van der Waals surface area contributed by atoms with Crippen molar-refractivity contribution < 1.29 is 4.42 Å². The molecule has 0 N–H and O–H groups in total. The summed E-state index contributed by atoms with van der Waals surface area (Å²) in [7, 11) is 0. The van der Waals surface area contributed by atoms with Crippen LogP contribution in [0.2, 0.25) is 0 Å². The number of nitrogens with zero attached hydrogens (tertiary/aromatic N) is 3.